The van der Waals surface area contributed by atoms with E-state index in [4.69, 9.17) is 14.2 Å². The van der Waals surface area contributed by atoms with Gasteiger partial charge in [-0.25, -0.2) is 9.59 Å². The molecule has 2 aromatic heterocycles. The van der Waals surface area contributed by atoms with Crippen LogP contribution in [0.3, 0.4) is 0 Å². The Hall–Kier alpha value is -9.14. The lowest BCUT2D eigenvalue weighted by molar-refractivity contribution is 0.0525. The minimum absolute atomic E-state index is 0.250. The van der Waals surface area contributed by atoms with Crippen LogP contribution >= 0.6 is 0 Å². The van der Waals surface area contributed by atoms with Crippen LogP contribution < -0.4 is 9.47 Å². The topological polar surface area (TPSA) is 91.9 Å². The lowest BCUT2D eigenvalue weighted by Crippen LogP contribution is -2.07. The first-order valence-corrected chi connectivity index (χ1v) is 23.9. The van der Waals surface area contributed by atoms with Crippen molar-refractivity contribution in [1.82, 2.24) is 9.13 Å². The molecule has 0 unspecified atom stereocenters. The van der Waals surface area contributed by atoms with Crippen LogP contribution in [-0.4, -0.2) is 32.8 Å². The zero-order valence-electron chi connectivity index (χ0n) is 40.4. The molecule has 72 heavy (non-hydrogen) atoms. The maximum Gasteiger partial charge on any atom is 0.338 e. The van der Waals surface area contributed by atoms with E-state index in [0.29, 0.717) is 25.4 Å². The predicted octanol–water partition coefficient (Wildman–Crippen LogP) is 15.3. The molecule has 0 saturated heterocycles. The van der Waals surface area contributed by atoms with Crippen LogP contribution in [0.1, 0.15) is 50.2 Å². The minimum atomic E-state index is -0.948. The summed E-state index contributed by atoms with van der Waals surface area (Å²) in [6.07, 6.45) is 0. The quantitative estimate of drug-likeness (QED) is 0.103. The van der Waals surface area contributed by atoms with Crippen LogP contribution in [0.25, 0.3) is 56.1 Å². The molecule has 8 aromatic carbocycles. The van der Waals surface area contributed by atoms with Gasteiger partial charge in [0, 0.05) is 33.9 Å². The fourth-order valence-electron chi connectivity index (χ4n) is 8.75. The van der Waals surface area contributed by atoms with Crippen molar-refractivity contribution < 1.29 is 28.9 Å². The van der Waals surface area contributed by atoms with Crippen LogP contribution in [0.4, 0.5) is 0 Å². The molecule has 0 amide bonds. The Morgan fingerprint density at radius 3 is 1.28 bits per heavy atom. The summed E-state index contributed by atoms with van der Waals surface area (Å²) in [7, 11) is 0. The van der Waals surface area contributed by atoms with E-state index >= 15 is 0 Å². The van der Waals surface area contributed by atoms with E-state index in [9.17, 15) is 14.7 Å². The van der Waals surface area contributed by atoms with Crippen molar-refractivity contribution in [2.45, 2.75) is 34.0 Å². The monoisotopic (exact) mass is 946 g/mol. The molecule has 1 N–H and O–H groups in total. The SMILES string of the molecule is CCOC(=O)c1cccc(-n2c(C)ccc2-c2cc(-c3ccccc3)ccc2OCc2ccccc2)c1.Cc1ccc(-c2cc(-c3ccccc3)ccc2OCc2ccccc2)n1-c1cccc(C(=O)O)c1. The first-order chi connectivity index (χ1) is 35.2. The number of carboxylic acids is 1. The molecule has 10 aromatic rings. The van der Waals surface area contributed by atoms with Crippen molar-refractivity contribution in [2.75, 3.05) is 6.61 Å². The molecule has 0 fully saturated rings. The van der Waals surface area contributed by atoms with Crippen molar-refractivity contribution in [3.63, 3.8) is 0 Å². The highest BCUT2D eigenvalue weighted by Gasteiger charge is 2.19. The highest BCUT2D eigenvalue weighted by atomic mass is 16.5. The van der Waals surface area contributed by atoms with E-state index in [-0.39, 0.29) is 11.5 Å². The molecule has 8 heteroatoms. The molecule has 0 aliphatic heterocycles. The highest BCUT2D eigenvalue weighted by molar-refractivity contribution is 5.90. The molecule has 8 nitrogen and oxygen atoms in total. The molecule has 10 rings (SSSR count). The molecule has 0 aliphatic rings. The lowest BCUT2D eigenvalue weighted by atomic mass is 10.0. The van der Waals surface area contributed by atoms with Gasteiger partial charge >= 0.3 is 11.9 Å². The molecule has 0 saturated carbocycles. The normalized spacial score (nSPS) is 10.8. The van der Waals surface area contributed by atoms with Crippen molar-refractivity contribution >= 4 is 11.9 Å². The summed E-state index contributed by atoms with van der Waals surface area (Å²) in [6, 6.07) is 76.2. The largest absolute Gasteiger partial charge is 0.488 e. The van der Waals surface area contributed by atoms with Gasteiger partial charge in [0.25, 0.3) is 0 Å². The third kappa shape index (κ3) is 11.1. The molecular formula is C64H54N2O6. The number of aromatic carboxylic acids is 1. The average Bonchev–Trinajstić information content (AvgIpc) is 4.02. The summed E-state index contributed by atoms with van der Waals surface area (Å²) in [5, 5.41) is 9.52. The molecule has 356 valence electrons. The number of aryl methyl sites for hydroxylation is 2. The number of nitrogens with zero attached hydrogens (tertiary/aromatic N) is 2. The zero-order valence-corrected chi connectivity index (χ0v) is 40.4. The van der Waals surface area contributed by atoms with E-state index in [1.165, 1.54) is 0 Å². The second kappa shape index (κ2) is 22.5. The summed E-state index contributed by atoms with van der Waals surface area (Å²) >= 11 is 0. The number of hydrogen-bond acceptors (Lipinski definition) is 5. The van der Waals surface area contributed by atoms with Gasteiger partial charge in [-0.3, -0.25) is 0 Å². The van der Waals surface area contributed by atoms with Crippen molar-refractivity contribution in [3.8, 4) is 67.6 Å². The second-order valence-corrected chi connectivity index (χ2v) is 17.2. The Bertz CT molecular complexity index is 3430. The maximum absolute atomic E-state index is 12.4. The Labute approximate surface area is 420 Å². The molecular weight excluding hydrogens is 893 g/mol. The fraction of sp³-hybridized carbons (Fsp3) is 0.0938. The van der Waals surface area contributed by atoms with Crippen LogP contribution in [-0.2, 0) is 18.0 Å². The zero-order chi connectivity index (χ0) is 49.8. The lowest BCUT2D eigenvalue weighted by Gasteiger charge is -2.18. The number of benzene rings is 8. The van der Waals surface area contributed by atoms with Gasteiger partial charge < -0.3 is 28.5 Å². The van der Waals surface area contributed by atoms with Crippen molar-refractivity contribution in [1.29, 1.82) is 0 Å². The highest BCUT2D eigenvalue weighted by Crippen LogP contribution is 2.39. The molecule has 2 heterocycles. The number of carbonyl (C=O) groups is 2. The molecule has 0 radical (unpaired) electrons. The van der Waals surface area contributed by atoms with Crippen molar-refractivity contribution in [3.05, 3.63) is 264 Å². The van der Waals surface area contributed by atoms with Crippen LogP contribution in [0, 0.1) is 13.8 Å². The van der Waals surface area contributed by atoms with Gasteiger partial charge in [0.2, 0.25) is 0 Å². The standard InChI is InChI=1S/C33H29NO3.C31H25NO3/c1-3-36-33(35)28-15-10-16-29(21-28)34-24(2)17-19-31(34)30-22-27(26-13-8-5-9-14-26)18-20-32(30)37-23-25-11-6-4-7-12-25;1-22-15-17-29(32(22)27-14-8-13-26(19-27)31(33)34)28-20-25(24-11-6-3-7-12-24)16-18-30(28)35-21-23-9-4-2-5-10-23/h4-22H,3,23H2,1-2H3;2-20H,21H2,1H3,(H,33,34). The van der Waals surface area contributed by atoms with Gasteiger partial charge in [-0.2, -0.15) is 0 Å². The number of esters is 1. The van der Waals surface area contributed by atoms with Gasteiger partial charge in [0.1, 0.15) is 24.7 Å². The van der Waals surface area contributed by atoms with E-state index in [1.54, 1.807) is 24.3 Å². The maximum atomic E-state index is 12.4. The third-order valence-electron chi connectivity index (χ3n) is 12.3. The number of aromatic nitrogens is 2. The van der Waals surface area contributed by atoms with E-state index < -0.39 is 5.97 Å². The van der Waals surface area contributed by atoms with Crippen LogP contribution in [0.5, 0.6) is 11.5 Å². The minimum Gasteiger partial charge on any atom is -0.488 e. The Balaban J connectivity index is 0.000000178. The van der Waals surface area contributed by atoms with Gasteiger partial charge in [-0.15, -0.1) is 0 Å². The average molecular weight is 947 g/mol. The number of ether oxygens (including phenoxy) is 3. The van der Waals surface area contributed by atoms with Gasteiger partial charge in [0.15, 0.2) is 0 Å². The smallest absolute Gasteiger partial charge is 0.338 e. The molecule has 0 spiro atoms. The summed E-state index contributed by atoms with van der Waals surface area (Å²) < 4.78 is 22.2. The Morgan fingerprint density at radius 1 is 0.431 bits per heavy atom. The van der Waals surface area contributed by atoms with E-state index in [1.807, 2.05) is 141 Å². The van der Waals surface area contributed by atoms with Gasteiger partial charge in [-0.05, 0) is 139 Å². The predicted molar refractivity (Wildman–Crippen MR) is 287 cm³/mol. The fourth-order valence-corrected chi connectivity index (χ4v) is 8.75. The number of hydrogen-bond donors (Lipinski definition) is 1. The Kier molecular flexibility index (Phi) is 15.0. The summed E-state index contributed by atoms with van der Waals surface area (Å²) in [5.41, 5.74) is 15.0. The van der Waals surface area contributed by atoms with Crippen LogP contribution in [0.2, 0.25) is 0 Å². The number of rotatable bonds is 15. The summed E-state index contributed by atoms with van der Waals surface area (Å²) in [4.78, 5) is 24.0. The van der Waals surface area contributed by atoms with E-state index in [0.717, 1.165) is 90.2 Å². The molecule has 0 atom stereocenters. The summed E-state index contributed by atoms with van der Waals surface area (Å²) in [5.74, 6) is 0.288. The van der Waals surface area contributed by atoms with E-state index in [2.05, 4.69) is 94.9 Å². The first-order valence-electron chi connectivity index (χ1n) is 23.9. The summed E-state index contributed by atoms with van der Waals surface area (Å²) in [6.45, 7) is 7.15. The third-order valence-corrected chi connectivity index (χ3v) is 12.3. The second-order valence-electron chi connectivity index (χ2n) is 17.2. The molecule has 0 aliphatic carbocycles. The first kappa shape index (κ1) is 47.9. The van der Waals surface area contributed by atoms with Crippen molar-refractivity contribution in [2.24, 2.45) is 0 Å². The Morgan fingerprint density at radius 2 is 0.847 bits per heavy atom. The number of carbonyl (C=O) groups excluding carboxylic acids is 1. The van der Waals surface area contributed by atoms with Gasteiger partial charge in [-0.1, -0.05) is 146 Å². The van der Waals surface area contributed by atoms with Gasteiger partial charge in [0.05, 0.1) is 29.1 Å². The molecule has 0 bridgehead atoms. The van der Waals surface area contributed by atoms with Crippen LogP contribution in [0.15, 0.2) is 231 Å². The number of carboxylic acid groups (broad SMARTS) is 1.